The van der Waals surface area contributed by atoms with Crippen molar-refractivity contribution < 1.29 is 0 Å². The highest BCUT2D eigenvalue weighted by Crippen LogP contribution is 2.18. The molecule has 1 aromatic rings. The summed E-state index contributed by atoms with van der Waals surface area (Å²) >= 11 is 5.99. The van der Waals surface area contributed by atoms with Crippen molar-refractivity contribution in [2.24, 2.45) is 5.84 Å². The van der Waals surface area contributed by atoms with Gasteiger partial charge in [-0.2, -0.15) is 4.98 Å². The number of halogens is 1. The van der Waals surface area contributed by atoms with E-state index < -0.39 is 0 Å². The highest BCUT2D eigenvalue weighted by molar-refractivity contribution is 6.32. The van der Waals surface area contributed by atoms with Crippen molar-refractivity contribution in [3.05, 3.63) is 11.2 Å². The molecule has 1 heterocycles. The Bertz CT molecular complexity index is 373. The summed E-state index contributed by atoms with van der Waals surface area (Å²) in [6.45, 7) is 6.06. The molecule has 0 spiro atoms. The van der Waals surface area contributed by atoms with E-state index in [4.69, 9.17) is 17.4 Å². The second kappa shape index (κ2) is 7.35. The Morgan fingerprint density at radius 1 is 1.56 bits per heavy atom. The van der Waals surface area contributed by atoms with Gasteiger partial charge in [-0.05, 0) is 20.4 Å². The summed E-state index contributed by atoms with van der Waals surface area (Å²) in [6, 6.07) is 0.564. The minimum absolute atomic E-state index is 0.345. The van der Waals surface area contributed by atoms with Crippen molar-refractivity contribution in [1.29, 1.82) is 0 Å². The van der Waals surface area contributed by atoms with Gasteiger partial charge in [0.1, 0.15) is 5.02 Å². The molecular weight excluding hydrogens is 252 g/mol. The Hall–Kier alpha value is -1.11. The molecule has 1 aromatic heterocycles. The smallest absolute Gasteiger partial charge is 0.239 e. The topological polar surface area (TPSA) is 79.1 Å². The van der Waals surface area contributed by atoms with E-state index in [2.05, 4.69) is 46.5 Å². The molecule has 0 aromatic carbocycles. The molecule has 102 valence electrons. The zero-order chi connectivity index (χ0) is 13.5. The van der Waals surface area contributed by atoms with Crippen LogP contribution in [0.3, 0.4) is 0 Å². The predicted molar refractivity (Wildman–Crippen MR) is 75.7 cm³/mol. The fraction of sp³-hybridized carbons (Fsp3) is 0.636. The van der Waals surface area contributed by atoms with Gasteiger partial charge in [0.15, 0.2) is 5.82 Å². The van der Waals surface area contributed by atoms with E-state index in [9.17, 15) is 0 Å². The lowest BCUT2D eigenvalue weighted by atomic mass is 10.2. The van der Waals surface area contributed by atoms with Crippen LogP contribution in [-0.4, -0.2) is 41.0 Å². The first-order valence-electron chi connectivity index (χ1n) is 6.01. The first-order valence-corrected chi connectivity index (χ1v) is 6.39. The van der Waals surface area contributed by atoms with Crippen LogP contribution in [0.25, 0.3) is 0 Å². The van der Waals surface area contributed by atoms with E-state index in [1.165, 1.54) is 6.20 Å². The molecule has 1 atom stereocenters. The van der Waals surface area contributed by atoms with Gasteiger partial charge in [0.2, 0.25) is 5.95 Å². The van der Waals surface area contributed by atoms with Crippen LogP contribution in [0, 0.1) is 0 Å². The fourth-order valence-electron chi connectivity index (χ4n) is 1.44. The highest BCUT2D eigenvalue weighted by Gasteiger charge is 2.07. The van der Waals surface area contributed by atoms with Crippen molar-refractivity contribution in [3.8, 4) is 0 Å². The minimum Gasteiger partial charge on any atom is -0.367 e. The minimum atomic E-state index is 0.345. The standard InChI is InChI=1S/C11H21ClN6/c1-4-8(2)18(3)6-5-14-10-9(12)7-15-11(16-10)17-13/h7-8H,4-6,13H2,1-3H3,(H2,14,15,16,17). The molecule has 0 amide bonds. The third kappa shape index (κ3) is 4.29. The Labute approximate surface area is 113 Å². The predicted octanol–water partition coefficient (Wildman–Crippen LogP) is 1.56. The average Bonchev–Trinajstić information content (AvgIpc) is 2.39. The van der Waals surface area contributed by atoms with Gasteiger partial charge >= 0.3 is 0 Å². The van der Waals surface area contributed by atoms with Crippen LogP contribution in [-0.2, 0) is 0 Å². The summed E-state index contributed by atoms with van der Waals surface area (Å²) < 4.78 is 0. The van der Waals surface area contributed by atoms with E-state index in [-0.39, 0.29) is 0 Å². The van der Waals surface area contributed by atoms with E-state index in [1.807, 2.05) is 0 Å². The summed E-state index contributed by atoms with van der Waals surface area (Å²) in [6.07, 6.45) is 2.65. The molecule has 0 aliphatic heterocycles. The maximum atomic E-state index is 5.99. The Balaban J connectivity index is 2.48. The number of nitrogen functional groups attached to an aromatic ring is 1. The molecule has 18 heavy (non-hydrogen) atoms. The quantitative estimate of drug-likeness (QED) is 0.516. The lowest BCUT2D eigenvalue weighted by Gasteiger charge is -2.23. The zero-order valence-corrected chi connectivity index (χ0v) is 11.8. The molecule has 0 saturated heterocycles. The molecule has 0 aliphatic rings. The molecular formula is C11H21ClN6. The molecule has 6 nitrogen and oxygen atoms in total. The molecule has 1 rings (SSSR count). The number of nitrogens with zero attached hydrogens (tertiary/aromatic N) is 3. The normalized spacial score (nSPS) is 12.6. The number of hydrogen-bond donors (Lipinski definition) is 3. The monoisotopic (exact) mass is 272 g/mol. The van der Waals surface area contributed by atoms with Crippen molar-refractivity contribution in [2.75, 3.05) is 30.9 Å². The van der Waals surface area contributed by atoms with E-state index in [0.717, 1.165) is 19.5 Å². The summed E-state index contributed by atoms with van der Waals surface area (Å²) in [5.74, 6) is 6.19. The fourth-order valence-corrected chi connectivity index (χ4v) is 1.60. The van der Waals surface area contributed by atoms with Crippen molar-refractivity contribution in [3.63, 3.8) is 0 Å². The van der Waals surface area contributed by atoms with Crippen LogP contribution in [0.4, 0.5) is 11.8 Å². The molecule has 1 unspecified atom stereocenters. The van der Waals surface area contributed by atoms with Crippen LogP contribution in [0.15, 0.2) is 6.20 Å². The summed E-state index contributed by atoms with van der Waals surface area (Å²) in [7, 11) is 2.10. The summed E-state index contributed by atoms with van der Waals surface area (Å²) in [5, 5.41) is 3.66. The number of hydrazine groups is 1. The summed E-state index contributed by atoms with van der Waals surface area (Å²) in [4.78, 5) is 10.3. The maximum absolute atomic E-state index is 5.99. The Kier molecular flexibility index (Phi) is 6.11. The number of hydrogen-bond acceptors (Lipinski definition) is 6. The van der Waals surface area contributed by atoms with Crippen molar-refractivity contribution in [1.82, 2.24) is 14.9 Å². The molecule has 4 N–H and O–H groups in total. The van der Waals surface area contributed by atoms with Crippen LogP contribution >= 0.6 is 11.6 Å². The molecule has 7 heteroatoms. The van der Waals surface area contributed by atoms with Gasteiger partial charge < -0.3 is 10.2 Å². The molecule has 0 aliphatic carbocycles. The first-order chi connectivity index (χ1) is 8.58. The van der Waals surface area contributed by atoms with Crippen LogP contribution in [0.5, 0.6) is 0 Å². The van der Waals surface area contributed by atoms with Crippen LogP contribution in [0.2, 0.25) is 5.02 Å². The maximum Gasteiger partial charge on any atom is 0.239 e. The summed E-state index contributed by atoms with van der Waals surface area (Å²) in [5.41, 5.74) is 2.39. The van der Waals surface area contributed by atoms with E-state index in [0.29, 0.717) is 22.8 Å². The number of aromatic nitrogens is 2. The zero-order valence-electron chi connectivity index (χ0n) is 11.1. The first kappa shape index (κ1) is 14.9. The number of anilines is 2. The van der Waals surface area contributed by atoms with E-state index >= 15 is 0 Å². The second-order valence-corrected chi connectivity index (χ2v) is 4.61. The van der Waals surface area contributed by atoms with Crippen LogP contribution in [0.1, 0.15) is 20.3 Å². The number of likely N-dealkylation sites (N-methyl/N-ethyl adjacent to an activating group) is 1. The van der Waals surface area contributed by atoms with E-state index in [1.54, 1.807) is 0 Å². The highest BCUT2D eigenvalue weighted by atomic mass is 35.5. The van der Waals surface area contributed by atoms with Crippen LogP contribution < -0.4 is 16.6 Å². The van der Waals surface area contributed by atoms with Gasteiger partial charge in [-0.15, -0.1) is 0 Å². The average molecular weight is 273 g/mol. The Morgan fingerprint density at radius 3 is 2.89 bits per heavy atom. The molecule has 0 saturated carbocycles. The van der Waals surface area contributed by atoms with Crippen molar-refractivity contribution in [2.45, 2.75) is 26.3 Å². The molecule has 0 fully saturated rings. The lowest BCUT2D eigenvalue weighted by Crippen LogP contribution is -2.32. The number of nitrogens with two attached hydrogens (primary N) is 1. The van der Waals surface area contributed by atoms with Gasteiger partial charge in [-0.25, -0.2) is 10.8 Å². The third-order valence-electron chi connectivity index (χ3n) is 2.97. The number of nitrogens with one attached hydrogen (secondary N) is 2. The van der Waals surface area contributed by atoms with Crippen molar-refractivity contribution >= 4 is 23.4 Å². The SMILES string of the molecule is CCC(C)N(C)CCNc1nc(NN)ncc1Cl. The lowest BCUT2D eigenvalue weighted by molar-refractivity contribution is 0.261. The largest absolute Gasteiger partial charge is 0.367 e. The van der Waals surface area contributed by atoms with Gasteiger partial charge in [-0.3, -0.25) is 5.43 Å². The third-order valence-corrected chi connectivity index (χ3v) is 3.25. The molecule has 0 radical (unpaired) electrons. The van der Waals surface area contributed by atoms with Gasteiger partial charge in [0.05, 0.1) is 6.20 Å². The van der Waals surface area contributed by atoms with Gasteiger partial charge in [0.25, 0.3) is 0 Å². The van der Waals surface area contributed by atoms with Gasteiger partial charge in [-0.1, -0.05) is 18.5 Å². The Morgan fingerprint density at radius 2 is 2.28 bits per heavy atom. The van der Waals surface area contributed by atoms with Gasteiger partial charge in [0, 0.05) is 19.1 Å². The molecule has 0 bridgehead atoms. The number of rotatable bonds is 7. The second-order valence-electron chi connectivity index (χ2n) is 4.20.